The van der Waals surface area contributed by atoms with Crippen LogP contribution in [0, 0.1) is 11.6 Å². The molecule has 0 radical (unpaired) electrons. The molecule has 0 bridgehead atoms. The molecule has 0 fully saturated rings. The van der Waals surface area contributed by atoms with Crippen molar-refractivity contribution >= 4 is 44.8 Å². The zero-order valence-electron chi connectivity index (χ0n) is 9.88. The lowest BCUT2D eigenvalue weighted by atomic mass is 10.2. The number of anilines is 2. The van der Waals surface area contributed by atoms with Crippen LogP contribution in [0.15, 0.2) is 34.8 Å². The molecule has 0 aliphatic heterocycles. The lowest BCUT2D eigenvalue weighted by molar-refractivity contribution is 0.102. The molecule has 20 heavy (non-hydrogen) atoms. The van der Waals surface area contributed by atoms with Crippen molar-refractivity contribution in [2.75, 3.05) is 11.1 Å². The second kappa shape index (κ2) is 5.76. The fraction of sp³-hybridized carbons (Fsp3) is 0. The standard InChI is InChI=1S/C13H8BrClF2N2O/c14-7-3-6(4-8(15)5-7)13(20)19-12-10(18)2-1-9(16)11(12)17/h1-5H,18H2,(H,19,20). The van der Waals surface area contributed by atoms with Gasteiger partial charge in [-0.1, -0.05) is 27.5 Å². The molecule has 0 unspecified atom stereocenters. The second-order valence-corrected chi connectivity index (χ2v) is 5.29. The molecule has 2 aromatic carbocycles. The van der Waals surface area contributed by atoms with Crippen molar-refractivity contribution in [3.05, 3.63) is 57.0 Å². The number of nitrogen functional groups attached to an aromatic ring is 1. The highest BCUT2D eigenvalue weighted by Crippen LogP contribution is 2.26. The van der Waals surface area contributed by atoms with E-state index >= 15 is 0 Å². The van der Waals surface area contributed by atoms with Crippen LogP contribution in [0.2, 0.25) is 5.02 Å². The molecule has 0 aromatic heterocycles. The fourth-order valence-corrected chi connectivity index (χ4v) is 2.42. The van der Waals surface area contributed by atoms with E-state index in [1.807, 2.05) is 0 Å². The van der Waals surface area contributed by atoms with Crippen LogP contribution in [0.3, 0.4) is 0 Å². The van der Waals surface area contributed by atoms with Crippen LogP contribution in [0.25, 0.3) is 0 Å². The number of hydrogen-bond acceptors (Lipinski definition) is 2. The molecule has 2 aromatic rings. The summed E-state index contributed by atoms with van der Waals surface area (Å²) < 4.78 is 27.3. The first-order valence-electron chi connectivity index (χ1n) is 5.39. The van der Waals surface area contributed by atoms with E-state index in [0.29, 0.717) is 9.50 Å². The van der Waals surface area contributed by atoms with E-state index in [4.69, 9.17) is 17.3 Å². The van der Waals surface area contributed by atoms with Gasteiger partial charge in [0.05, 0.1) is 5.69 Å². The Kier molecular flexibility index (Phi) is 4.25. The number of carbonyl (C=O) groups excluding carboxylic acids is 1. The molecule has 0 spiro atoms. The number of carbonyl (C=O) groups is 1. The molecule has 3 nitrogen and oxygen atoms in total. The summed E-state index contributed by atoms with van der Waals surface area (Å²) in [5.41, 5.74) is 5.24. The van der Waals surface area contributed by atoms with Gasteiger partial charge in [0.25, 0.3) is 5.91 Å². The van der Waals surface area contributed by atoms with Crippen LogP contribution in [0.5, 0.6) is 0 Å². The third-order valence-electron chi connectivity index (χ3n) is 2.49. The number of amides is 1. The fourth-order valence-electron chi connectivity index (χ4n) is 1.56. The average Bonchev–Trinajstić information content (AvgIpc) is 2.38. The maximum absolute atomic E-state index is 13.6. The Morgan fingerprint density at radius 1 is 1.25 bits per heavy atom. The van der Waals surface area contributed by atoms with Gasteiger partial charge in [-0.05, 0) is 30.3 Å². The first kappa shape index (κ1) is 14.7. The largest absolute Gasteiger partial charge is 0.397 e. The lowest BCUT2D eigenvalue weighted by Gasteiger charge is -2.10. The van der Waals surface area contributed by atoms with Gasteiger partial charge in [-0.2, -0.15) is 0 Å². The van der Waals surface area contributed by atoms with Crippen LogP contribution >= 0.6 is 27.5 Å². The number of halogens is 4. The van der Waals surface area contributed by atoms with Gasteiger partial charge in [0.15, 0.2) is 11.6 Å². The maximum atomic E-state index is 13.6. The minimum Gasteiger partial charge on any atom is -0.397 e. The van der Waals surface area contributed by atoms with Crippen LogP contribution < -0.4 is 11.1 Å². The molecule has 3 N–H and O–H groups in total. The molecule has 104 valence electrons. The average molecular weight is 362 g/mol. The number of rotatable bonds is 2. The van der Waals surface area contributed by atoms with E-state index in [1.165, 1.54) is 18.2 Å². The van der Waals surface area contributed by atoms with Crippen molar-refractivity contribution < 1.29 is 13.6 Å². The van der Waals surface area contributed by atoms with Crippen LogP contribution in [0.4, 0.5) is 20.2 Å². The van der Waals surface area contributed by atoms with E-state index in [-0.39, 0.29) is 11.3 Å². The van der Waals surface area contributed by atoms with E-state index in [2.05, 4.69) is 21.2 Å². The van der Waals surface area contributed by atoms with E-state index in [0.717, 1.165) is 6.07 Å². The van der Waals surface area contributed by atoms with Crippen LogP contribution in [0.1, 0.15) is 10.4 Å². The number of nitrogens with two attached hydrogens (primary N) is 1. The third kappa shape index (κ3) is 3.08. The number of hydrogen-bond donors (Lipinski definition) is 2. The highest BCUT2D eigenvalue weighted by atomic mass is 79.9. The summed E-state index contributed by atoms with van der Waals surface area (Å²) in [6.07, 6.45) is 0. The van der Waals surface area contributed by atoms with Crippen molar-refractivity contribution in [1.82, 2.24) is 0 Å². The van der Waals surface area contributed by atoms with Gasteiger partial charge >= 0.3 is 0 Å². The molecule has 0 aliphatic rings. The Morgan fingerprint density at radius 2 is 1.95 bits per heavy atom. The minimum atomic E-state index is -1.21. The zero-order chi connectivity index (χ0) is 14.9. The van der Waals surface area contributed by atoms with Crippen LogP contribution in [-0.4, -0.2) is 5.91 Å². The van der Waals surface area contributed by atoms with Crippen molar-refractivity contribution in [3.63, 3.8) is 0 Å². The smallest absolute Gasteiger partial charge is 0.255 e. The highest BCUT2D eigenvalue weighted by molar-refractivity contribution is 9.10. The van der Waals surface area contributed by atoms with Gasteiger partial charge in [-0.15, -0.1) is 0 Å². The Bertz CT molecular complexity index is 674. The monoisotopic (exact) mass is 360 g/mol. The summed E-state index contributed by atoms with van der Waals surface area (Å²) in [6, 6.07) is 6.54. The summed E-state index contributed by atoms with van der Waals surface area (Å²) in [7, 11) is 0. The molecular weight excluding hydrogens is 354 g/mol. The summed E-state index contributed by atoms with van der Waals surface area (Å²) >= 11 is 9.00. The molecule has 0 atom stereocenters. The SMILES string of the molecule is Nc1ccc(F)c(F)c1NC(=O)c1cc(Cl)cc(Br)c1. The topological polar surface area (TPSA) is 55.1 Å². The molecule has 2 rings (SSSR count). The molecule has 0 saturated carbocycles. The van der Waals surface area contributed by atoms with E-state index < -0.39 is 23.2 Å². The van der Waals surface area contributed by atoms with Gasteiger partial charge in [0.2, 0.25) is 0 Å². The van der Waals surface area contributed by atoms with Crippen molar-refractivity contribution in [2.45, 2.75) is 0 Å². The summed E-state index contributed by atoms with van der Waals surface area (Å²) in [4.78, 5) is 12.0. The number of benzene rings is 2. The Balaban J connectivity index is 2.35. The van der Waals surface area contributed by atoms with Gasteiger partial charge in [0.1, 0.15) is 5.69 Å². The Morgan fingerprint density at radius 3 is 2.60 bits per heavy atom. The third-order valence-corrected chi connectivity index (χ3v) is 3.17. The van der Waals surface area contributed by atoms with Crippen molar-refractivity contribution in [2.24, 2.45) is 0 Å². The molecular formula is C13H8BrClF2N2O. The molecule has 0 heterocycles. The second-order valence-electron chi connectivity index (χ2n) is 3.94. The predicted molar refractivity (Wildman–Crippen MR) is 77.9 cm³/mol. The predicted octanol–water partition coefficient (Wildman–Crippen LogP) is 4.22. The summed E-state index contributed by atoms with van der Waals surface area (Å²) in [5.74, 6) is -2.95. The lowest BCUT2D eigenvalue weighted by Crippen LogP contribution is -2.15. The van der Waals surface area contributed by atoms with E-state index in [1.54, 1.807) is 6.07 Å². The summed E-state index contributed by atoms with van der Waals surface area (Å²) in [5, 5.41) is 2.56. The number of nitrogens with one attached hydrogen (secondary N) is 1. The first-order chi connectivity index (χ1) is 9.38. The Hall–Kier alpha value is -1.66. The van der Waals surface area contributed by atoms with Gasteiger partial charge in [-0.3, -0.25) is 4.79 Å². The molecule has 1 amide bonds. The summed E-state index contributed by atoms with van der Waals surface area (Å²) in [6.45, 7) is 0. The minimum absolute atomic E-state index is 0.0710. The van der Waals surface area contributed by atoms with Crippen molar-refractivity contribution in [1.29, 1.82) is 0 Å². The molecule has 0 saturated heterocycles. The van der Waals surface area contributed by atoms with E-state index in [9.17, 15) is 13.6 Å². The maximum Gasteiger partial charge on any atom is 0.255 e. The zero-order valence-corrected chi connectivity index (χ0v) is 12.2. The van der Waals surface area contributed by atoms with Gasteiger partial charge < -0.3 is 11.1 Å². The van der Waals surface area contributed by atoms with Crippen LogP contribution in [-0.2, 0) is 0 Å². The normalized spacial score (nSPS) is 10.4. The molecule has 7 heteroatoms. The Labute approximate surface area is 126 Å². The first-order valence-corrected chi connectivity index (χ1v) is 6.56. The molecule has 0 aliphatic carbocycles. The van der Waals surface area contributed by atoms with Gasteiger partial charge in [0, 0.05) is 15.1 Å². The van der Waals surface area contributed by atoms with Gasteiger partial charge in [-0.25, -0.2) is 8.78 Å². The highest BCUT2D eigenvalue weighted by Gasteiger charge is 2.16. The van der Waals surface area contributed by atoms with Crippen molar-refractivity contribution in [3.8, 4) is 0 Å². The quantitative estimate of drug-likeness (QED) is 0.787.